The molecule has 0 aliphatic carbocycles. The minimum absolute atomic E-state index is 0.0880. The van der Waals surface area contributed by atoms with E-state index in [9.17, 15) is 14.7 Å². The molecule has 2 aliphatic rings. The van der Waals surface area contributed by atoms with Gasteiger partial charge in [-0.1, -0.05) is 6.42 Å². The van der Waals surface area contributed by atoms with Crippen molar-refractivity contribution in [2.75, 3.05) is 46.5 Å². The van der Waals surface area contributed by atoms with Gasteiger partial charge in [-0.05, 0) is 32.1 Å². The van der Waals surface area contributed by atoms with E-state index in [1.807, 2.05) is 9.80 Å². The number of amides is 2. The summed E-state index contributed by atoms with van der Waals surface area (Å²) < 4.78 is 5.16. The number of hydrogen-bond donors (Lipinski definition) is 1. The number of likely N-dealkylation sites (tertiary alicyclic amines) is 2. The molecule has 0 aromatic rings. The molecule has 1 atom stereocenters. The van der Waals surface area contributed by atoms with Crippen LogP contribution in [0.25, 0.3) is 0 Å². The Morgan fingerprint density at radius 3 is 2.83 bits per heavy atom. The number of hydrogen-bond acceptors (Lipinski definition) is 4. The number of methoxy groups -OCH3 is 1. The monoisotopic (exact) mass is 340 g/mol. The van der Waals surface area contributed by atoms with E-state index in [0.29, 0.717) is 32.5 Å². The lowest BCUT2D eigenvalue weighted by atomic mass is 9.78. The lowest BCUT2D eigenvalue weighted by Crippen LogP contribution is -2.49. The van der Waals surface area contributed by atoms with Gasteiger partial charge in [0.2, 0.25) is 11.8 Å². The highest BCUT2D eigenvalue weighted by Gasteiger charge is 2.36. The number of ether oxygens (including phenoxy) is 1. The van der Waals surface area contributed by atoms with E-state index in [4.69, 9.17) is 4.74 Å². The normalized spacial score (nSPS) is 25.7. The van der Waals surface area contributed by atoms with Crippen LogP contribution in [-0.4, -0.2) is 73.2 Å². The van der Waals surface area contributed by atoms with Gasteiger partial charge in [0.05, 0.1) is 6.61 Å². The van der Waals surface area contributed by atoms with Crippen LogP contribution in [0.2, 0.25) is 0 Å². The summed E-state index contributed by atoms with van der Waals surface area (Å²) in [4.78, 5) is 28.3. The van der Waals surface area contributed by atoms with Crippen molar-refractivity contribution in [3.05, 3.63) is 0 Å². The van der Waals surface area contributed by atoms with E-state index < -0.39 is 0 Å². The van der Waals surface area contributed by atoms with Gasteiger partial charge in [-0.2, -0.15) is 0 Å². The average Bonchev–Trinajstić information content (AvgIpc) is 2.82. The maximum Gasteiger partial charge on any atom is 0.224 e. The van der Waals surface area contributed by atoms with E-state index in [0.717, 1.165) is 51.6 Å². The van der Waals surface area contributed by atoms with Crippen molar-refractivity contribution in [2.45, 2.75) is 51.4 Å². The highest BCUT2D eigenvalue weighted by atomic mass is 16.5. The molecule has 6 nitrogen and oxygen atoms in total. The van der Waals surface area contributed by atoms with E-state index in [-0.39, 0.29) is 23.8 Å². The van der Waals surface area contributed by atoms with Crippen LogP contribution in [0.15, 0.2) is 0 Å². The predicted molar refractivity (Wildman–Crippen MR) is 91.5 cm³/mol. The Morgan fingerprint density at radius 1 is 1.25 bits per heavy atom. The molecule has 0 radical (unpaired) electrons. The van der Waals surface area contributed by atoms with Crippen molar-refractivity contribution >= 4 is 11.8 Å². The molecule has 0 aromatic carbocycles. The second kappa shape index (κ2) is 9.37. The van der Waals surface area contributed by atoms with Crippen LogP contribution in [0.3, 0.4) is 0 Å². The van der Waals surface area contributed by atoms with Gasteiger partial charge in [0.1, 0.15) is 0 Å². The molecule has 1 N–H and O–H groups in total. The smallest absolute Gasteiger partial charge is 0.224 e. The Kier molecular flexibility index (Phi) is 7.49. The van der Waals surface area contributed by atoms with Crippen molar-refractivity contribution < 1.29 is 19.4 Å². The maximum atomic E-state index is 12.6. The Labute approximate surface area is 145 Å². The Bertz CT molecular complexity index is 429. The molecule has 0 spiro atoms. The number of aliphatic hydroxyl groups is 1. The van der Waals surface area contributed by atoms with Crippen molar-refractivity contribution in [1.82, 2.24) is 9.80 Å². The summed E-state index contributed by atoms with van der Waals surface area (Å²) in [6.07, 6.45) is 6.72. The molecular formula is C18H32N2O4. The van der Waals surface area contributed by atoms with Gasteiger partial charge in [0, 0.05) is 58.2 Å². The summed E-state index contributed by atoms with van der Waals surface area (Å²) in [6.45, 7) is 3.34. The van der Waals surface area contributed by atoms with Gasteiger partial charge in [-0.3, -0.25) is 9.59 Å². The van der Waals surface area contributed by atoms with Crippen LogP contribution < -0.4 is 0 Å². The number of nitrogens with zero attached hydrogens (tertiary/aromatic N) is 2. The van der Waals surface area contributed by atoms with E-state index >= 15 is 0 Å². The van der Waals surface area contributed by atoms with Crippen LogP contribution >= 0.6 is 0 Å². The standard InChI is InChI=1S/C18H32N2O4/c1-24-13-9-18(15-21)8-5-11-20(14-18)17(23)7-12-19-10-4-2-3-6-16(19)22/h21H,2-15H2,1H3/t18-/m1/s1. The van der Waals surface area contributed by atoms with Gasteiger partial charge >= 0.3 is 0 Å². The highest BCUT2D eigenvalue weighted by molar-refractivity contribution is 5.79. The summed E-state index contributed by atoms with van der Waals surface area (Å²) in [6, 6.07) is 0. The molecule has 0 unspecified atom stereocenters. The van der Waals surface area contributed by atoms with Crippen molar-refractivity contribution in [1.29, 1.82) is 0 Å². The summed E-state index contributed by atoms with van der Waals surface area (Å²) in [5.41, 5.74) is -0.234. The van der Waals surface area contributed by atoms with Crippen LogP contribution in [-0.2, 0) is 14.3 Å². The third-order valence-electron chi connectivity index (χ3n) is 5.45. The number of rotatable bonds is 7. The van der Waals surface area contributed by atoms with E-state index in [2.05, 4.69) is 0 Å². The number of piperidine rings is 1. The van der Waals surface area contributed by atoms with Gasteiger partial charge in [0.25, 0.3) is 0 Å². The third-order valence-corrected chi connectivity index (χ3v) is 5.45. The van der Waals surface area contributed by atoms with Crippen molar-refractivity contribution in [3.8, 4) is 0 Å². The van der Waals surface area contributed by atoms with Gasteiger partial charge < -0.3 is 19.6 Å². The second-order valence-electron chi connectivity index (χ2n) is 7.26. The molecule has 2 amide bonds. The third kappa shape index (κ3) is 5.18. The largest absolute Gasteiger partial charge is 0.396 e. The SMILES string of the molecule is COCC[C@]1(CO)CCCN(C(=O)CCN2CCCCCC2=O)C1. The van der Waals surface area contributed by atoms with Gasteiger partial charge in [0.15, 0.2) is 0 Å². The van der Waals surface area contributed by atoms with Crippen LogP contribution in [0, 0.1) is 5.41 Å². The van der Waals surface area contributed by atoms with Crippen LogP contribution in [0.1, 0.15) is 51.4 Å². The molecule has 6 heteroatoms. The lowest BCUT2D eigenvalue weighted by Gasteiger charge is -2.42. The molecule has 0 bridgehead atoms. The van der Waals surface area contributed by atoms with Gasteiger partial charge in [-0.15, -0.1) is 0 Å². The first-order valence-corrected chi connectivity index (χ1v) is 9.25. The first-order chi connectivity index (χ1) is 11.6. The molecule has 2 saturated heterocycles. The molecule has 2 rings (SSSR count). The van der Waals surface area contributed by atoms with Gasteiger partial charge in [-0.25, -0.2) is 0 Å². The minimum atomic E-state index is -0.234. The fourth-order valence-electron chi connectivity index (χ4n) is 3.82. The fraction of sp³-hybridized carbons (Fsp3) is 0.889. The molecule has 24 heavy (non-hydrogen) atoms. The zero-order chi connectivity index (χ0) is 17.4. The summed E-state index contributed by atoms with van der Waals surface area (Å²) >= 11 is 0. The van der Waals surface area contributed by atoms with Crippen LogP contribution in [0.5, 0.6) is 0 Å². The topological polar surface area (TPSA) is 70.1 Å². The van der Waals surface area contributed by atoms with Crippen molar-refractivity contribution in [3.63, 3.8) is 0 Å². The Morgan fingerprint density at radius 2 is 2.08 bits per heavy atom. The van der Waals surface area contributed by atoms with E-state index in [1.165, 1.54) is 0 Å². The molecule has 138 valence electrons. The lowest BCUT2D eigenvalue weighted by molar-refractivity contribution is -0.137. The molecule has 0 saturated carbocycles. The van der Waals surface area contributed by atoms with Crippen molar-refractivity contribution in [2.24, 2.45) is 5.41 Å². The molecule has 0 aromatic heterocycles. The fourth-order valence-corrected chi connectivity index (χ4v) is 3.82. The number of carbonyl (C=O) groups excluding carboxylic acids is 2. The Balaban J connectivity index is 1.85. The van der Waals surface area contributed by atoms with E-state index in [1.54, 1.807) is 7.11 Å². The minimum Gasteiger partial charge on any atom is -0.396 e. The quantitative estimate of drug-likeness (QED) is 0.761. The summed E-state index contributed by atoms with van der Waals surface area (Å²) in [5, 5.41) is 9.82. The zero-order valence-corrected chi connectivity index (χ0v) is 15.0. The number of carbonyl (C=O) groups is 2. The number of aliphatic hydroxyl groups excluding tert-OH is 1. The van der Waals surface area contributed by atoms with Crippen LogP contribution in [0.4, 0.5) is 0 Å². The highest BCUT2D eigenvalue weighted by Crippen LogP contribution is 2.33. The molecule has 2 fully saturated rings. The first-order valence-electron chi connectivity index (χ1n) is 9.25. The zero-order valence-electron chi connectivity index (χ0n) is 15.0. The summed E-state index contributed by atoms with van der Waals surface area (Å²) in [7, 11) is 1.66. The molecular weight excluding hydrogens is 308 g/mol. The Hall–Kier alpha value is -1.14. The molecule has 2 aliphatic heterocycles. The molecule has 2 heterocycles. The maximum absolute atomic E-state index is 12.6. The predicted octanol–water partition coefficient (Wildman–Crippen LogP) is 1.42. The average molecular weight is 340 g/mol. The first kappa shape index (κ1) is 19.2. The second-order valence-corrected chi connectivity index (χ2v) is 7.26. The summed E-state index contributed by atoms with van der Waals surface area (Å²) in [5.74, 6) is 0.283.